The van der Waals surface area contributed by atoms with E-state index in [-0.39, 0.29) is 0 Å². The van der Waals surface area contributed by atoms with Gasteiger partial charge in [0, 0.05) is 30.1 Å². The van der Waals surface area contributed by atoms with Crippen LogP contribution >= 0.6 is 0 Å². The Bertz CT molecular complexity index is 1590. The molecule has 0 bridgehead atoms. The third-order valence-corrected chi connectivity index (χ3v) is 6.07. The van der Waals surface area contributed by atoms with E-state index in [9.17, 15) is 0 Å². The normalized spacial score (nSPS) is 13.7. The Balaban J connectivity index is 1.27. The number of rotatable bonds is 5. The molecule has 2 N–H and O–H groups in total. The van der Waals surface area contributed by atoms with Gasteiger partial charge in [-0.3, -0.25) is 0 Å². The van der Waals surface area contributed by atoms with Gasteiger partial charge in [-0.25, -0.2) is 24.5 Å². The van der Waals surface area contributed by atoms with Crippen LogP contribution in [0.5, 0.6) is 11.5 Å². The number of benzene rings is 1. The van der Waals surface area contributed by atoms with Crippen LogP contribution < -0.4 is 15.4 Å². The van der Waals surface area contributed by atoms with E-state index in [1.807, 2.05) is 56.3 Å². The van der Waals surface area contributed by atoms with Crippen LogP contribution in [-0.2, 0) is 0 Å². The third-order valence-electron chi connectivity index (χ3n) is 6.07. The minimum Gasteiger partial charge on any atom is -0.457 e. The lowest BCUT2D eigenvalue weighted by Gasteiger charge is -2.15. The number of aromatic nitrogens is 6. The topological polar surface area (TPSA) is 102 Å². The highest BCUT2D eigenvalue weighted by Gasteiger charge is 2.12. The standard InChI is InChI=1S/C26H24N8O/c1-16-11-19(3-6-23(16)35-20-12-17(2)34-24(13-20)29-15-31-34)32-26-25-22(28-14-30-26)5-4-21(33-25)18-7-9-27-10-8-18/h3-7,11-15,27H,8-10H2,1-2H3,(H,28,30,32). The Hall–Kier alpha value is -4.37. The highest BCUT2D eigenvalue weighted by molar-refractivity contribution is 5.88. The van der Waals surface area contributed by atoms with Crippen LogP contribution in [0.25, 0.3) is 22.3 Å². The molecule has 35 heavy (non-hydrogen) atoms. The first kappa shape index (κ1) is 21.2. The lowest BCUT2D eigenvalue weighted by atomic mass is 10.1. The van der Waals surface area contributed by atoms with Gasteiger partial charge in [-0.2, -0.15) is 5.10 Å². The maximum absolute atomic E-state index is 6.17. The van der Waals surface area contributed by atoms with Gasteiger partial charge in [0.05, 0.1) is 11.2 Å². The van der Waals surface area contributed by atoms with Crippen LogP contribution in [-0.4, -0.2) is 42.6 Å². The van der Waals surface area contributed by atoms with E-state index in [4.69, 9.17) is 9.72 Å². The van der Waals surface area contributed by atoms with E-state index < -0.39 is 0 Å². The fourth-order valence-electron chi connectivity index (χ4n) is 4.29. The summed E-state index contributed by atoms with van der Waals surface area (Å²) in [6.07, 6.45) is 6.25. The molecule has 0 aliphatic carbocycles. The van der Waals surface area contributed by atoms with Gasteiger partial charge in [0.2, 0.25) is 0 Å². The molecular weight excluding hydrogens is 440 g/mol. The molecule has 9 nitrogen and oxygen atoms in total. The quantitative estimate of drug-likeness (QED) is 0.389. The maximum Gasteiger partial charge on any atom is 0.160 e. The zero-order chi connectivity index (χ0) is 23.8. The molecule has 0 unspecified atom stereocenters. The van der Waals surface area contributed by atoms with E-state index >= 15 is 0 Å². The molecule has 1 aliphatic rings. The molecule has 174 valence electrons. The number of anilines is 2. The molecule has 0 radical (unpaired) electrons. The predicted molar refractivity (Wildman–Crippen MR) is 135 cm³/mol. The van der Waals surface area contributed by atoms with E-state index in [0.717, 1.165) is 70.3 Å². The molecule has 0 saturated heterocycles. The third kappa shape index (κ3) is 4.17. The number of nitrogens with one attached hydrogen (secondary N) is 2. The molecule has 5 aromatic rings. The minimum absolute atomic E-state index is 0.673. The second kappa shape index (κ2) is 8.77. The Morgan fingerprint density at radius 3 is 2.80 bits per heavy atom. The van der Waals surface area contributed by atoms with Crippen molar-refractivity contribution in [1.82, 2.24) is 34.9 Å². The number of nitrogens with zero attached hydrogens (tertiary/aromatic N) is 6. The summed E-state index contributed by atoms with van der Waals surface area (Å²) >= 11 is 0. The molecule has 5 heterocycles. The van der Waals surface area contributed by atoms with Gasteiger partial charge in [0.25, 0.3) is 0 Å². The summed E-state index contributed by atoms with van der Waals surface area (Å²) < 4.78 is 7.95. The molecule has 0 atom stereocenters. The summed E-state index contributed by atoms with van der Waals surface area (Å²) in [6, 6.07) is 13.8. The van der Waals surface area contributed by atoms with E-state index in [1.54, 1.807) is 10.8 Å². The molecule has 9 heteroatoms. The number of hydrogen-bond acceptors (Lipinski definition) is 8. The van der Waals surface area contributed by atoms with Gasteiger partial charge in [0.15, 0.2) is 11.5 Å². The van der Waals surface area contributed by atoms with Crippen LogP contribution in [0.4, 0.5) is 11.5 Å². The number of hydrogen-bond donors (Lipinski definition) is 2. The van der Waals surface area contributed by atoms with Crippen molar-refractivity contribution in [3.05, 3.63) is 78.1 Å². The molecule has 0 saturated carbocycles. The summed E-state index contributed by atoms with van der Waals surface area (Å²) in [5.74, 6) is 2.16. The Kier molecular flexibility index (Phi) is 5.31. The van der Waals surface area contributed by atoms with Crippen molar-refractivity contribution < 1.29 is 4.74 Å². The first-order valence-electron chi connectivity index (χ1n) is 11.5. The van der Waals surface area contributed by atoms with Gasteiger partial charge in [-0.1, -0.05) is 6.08 Å². The Labute approximate surface area is 201 Å². The van der Waals surface area contributed by atoms with Crippen molar-refractivity contribution in [2.45, 2.75) is 20.3 Å². The number of fused-ring (bicyclic) bond motifs is 2. The lowest BCUT2D eigenvalue weighted by Crippen LogP contribution is -2.20. The van der Waals surface area contributed by atoms with Gasteiger partial charge < -0.3 is 15.4 Å². The van der Waals surface area contributed by atoms with Crippen molar-refractivity contribution in [2.24, 2.45) is 0 Å². The summed E-state index contributed by atoms with van der Waals surface area (Å²) in [5, 5.41) is 11.0. The van der Waals surface area contributed by atoms with Crippen molar-refractivity contribution in [3.63, 3.8) is 0 Å². The zero-order valence-corrected chi connectivity index (χ0v) is 19.5. The molecule has 0 amide bonds. The van der Waals surface area contributed by atoms with Crippen LogP contribution in [0.3, 0.4) is 0 Å². The minimum atomic E-state index is 0.673. The second-order valence-corrected chi connectivity index (χ2v) is 8.54. The van der Waals surface area contributed by atoms with Crippen molar-refractivity contribution in [1.29, 1.82) is 0 Å². The van der Waals surface area contributed by atoms with Gasteiger partial charge >= 0.3 is 0 Å². The van der Waals surface area contributed by atoms with E-state index in [1.165, 1.54) is 11.9 Å². The number of ether oxygens (including phenoxy) is 1. The molecule has 1 aromatic carbocycles. The molecule has 6 rings (SSSR count). The fraction of sp³-hybridized carbons (Fsp3) is 0.192. The van der Waals surface area contributed by atoms with Crippen molar-refractivity contribution in [2.75, 3.05) is 18.4 Å². The first-order chi connectivity index (χ1) is 17.1. The second-order valence-electron chi connectivity index (χ2n) is 8.54. The van der Waals surface area contributed by atoms with Crippen LogP contribution in [0, 0.1) is 13.8 Å². The van der Waals surface area contributed by atoms with Crippen LogP contribution in [0.1, 0.15) is 23.4 Å². The van der Waals surface area contributed by atoms with Gasteiger partial charge in [0.1, 0.15) is 29.7 Å². The predicted octanol–water partition coefficient (Wildman–Crippen LogP) is 4.60. The molecule has 0 spiro atoms. The monoisotopic (exact) mass is 464 g/mol. The number of aryl methyl sites for hydroxylation is 2. The maximum atomic E-state index is 6.17. The Morgan fingerprint density at radius 2 is 1.94 bits per heavy atom. The van der Waals surface area contributed by atoms with E-state index in [2.05, 4.69) is 36.8 Å². The van der Waals surface area contributed by atoms with Gasteiger partial charge in [-0.05, 0) is 68.3 Å². The first-order valence-corrected chi connectivity index (χ1v) is 11.5. The van der Waals surface area contributed by atoms with Crippen LogP contribution in [0.2, 0.25) is 0 Å². The van der Waals surface area contributed by atoms with Crippen LogP contribution in [0.15, 0.2) is 61.2 Å². The highest BCUT2D eigenvalue weighted by atomic mass is 16.5. The average molecular weight is 465 g/mol. The lowest BCUT2D eigenvalue weighted by molar-refractivity contribution is 0.478. The molecule has 0 fully saturated rings. The SMILES string of the molecule is Cc1cc(Nc2ncnc3ccc(C4=CCNCC4)nc23)ccc1Oc1cc(C)n2ncnc2c1. The van der Waals surface area contributed by atoms with E-state index in [0.29, 0.717) is 5.82 Å². The largest absolute Gasteiger partial charge is 0.457 e. The summed E-state index contributed by atoms with van der Waals surface area (Å²) in [5.41, 5.74) is 7.35. The smallest absolute Gasteiger partial charge is 0.160 e. The molecule has 4 aromatic heterocycles. The van der Waals surface area contributed by atoms with Crippen molar-refractivity contribution >= 4 is 33.8 Å². The molecular formula is C26H24N8O. The highest BCUT2D eigenvalue weighted by Crippen LogP contribution is 2.31. The number of pyridine rings is 2. The summed E-state index contributed by atoms with van der Waals surface area (Å²) in [4.78, 5) is 18.0. The molecule has 1 aliphatic heterocycles. The zero-order valence-electron chi connectivity index (χ0n) is 19.5. The average Bonchev–Trinajstić information content (AvgIpc) is 3.36. The fourth-order valence-corrected chi connectivity index (χ4v) is 4.29. The Morgan fingerprint density at radius 1 is 1.00 bits per heavy atom. The van der Waals surface area contributed by atoms with Gasteiger partial charge in [-0.15, -0.1) is 0 Å². The summed E-state index contributed by atoms with van der Waals surface area (Å²) in [6.45, 7) is 5.82. The summed E-state index contributed by atoms with van der Waals surface area (Å²) in [7, 11) is 0. The van der Waals surface area contributed by atoms with Crippen molar-refractivity contribution in [3.8, 4) is 11.5 Å².